The number of hydrogen-bond donors (Lipinski definition) is 1. The predicted molar refractivity (Wildman–Crippen MR) is 76.2 cm³/mol. The van der Waals surface area contributed by atoms with Crippen molar-refractivity contribution >= 4 is 17.7 Å². The Morgan fingerprint density at radius 2 is 2.15 bits per heavy atom. The molecule has 106 valence electrons. The summed E-state index contributed by atoms with van der Waals surface area (Å²) < 4.78 is 5.48. The summed E-state index contributed by atoms with van der Waals surface area (Å²) >= 11 is 1.23. The number of hydrogen-bond acceptors (Lipinski definition) is 6. The number of pyridine rings is 1. The van der Waals surface area contributed by atoms with E-state index in [1.807, 2.05) is 0 Å². The number of amides is 1. The molecule has 2 rings (SSSR count). The fourth-order valence-electron chi connectivity index (χ4n) is 1.46. The Labute approximate surface area is 121 Å². The second kappa shape index (κ2) is 7.64. The normalized spacial score (nSPS) is 10.4. The quantitative estimate of drug-likeness (QED) is 0.622. The van der Waals surface area contributed by atoms with Gasteiger partial charge < -0.3 is 9.73 Å². The maximum absolute atomic E-state index is 11.5. The Morgan fingerprint density at radius 3 is 2.90 bits per heavy atom. The van der Waals surface area contributed by atoms with Crippen LogP contribution in [0.5, 0.6) is 0 Å². The highest BCUT2D eigenvalue weighted by Crippen LogP contribution is 2.22. The Bertz CT molecular complexity index is 544. The summed E-state index contributed by atoms with van der Waals surface area (Å²) in [7, 11) is 0. The number of nitrogens with zero attached hydrogens (tertiary/aromatic N) is 3. The topological polar surface area (TPSA) is 80.9 Å². The van der Waals surface area contributed by atoms with Gasteiger partial charge in [-0.1, -0.05) is 25.1 Å². The lowest BCUT2D eigenvalue weighted by atomic mass is 10.3. The molecule has 0 aliphatic rings. The van der Waals surface area contributed by atoms with Crippen molar-refractivity contribution in [2.24, 2.45) is 0 Å². The summed E-state index contributed by atoms with van der Waals surface area (Å²) in [6, 6.07) is 3.58. The number of carbonyl (C=O) groups excluding carboxylic acids is 1. The Morgan fingerprint density at radius 1 is 1.35 bits per heavy atom. The van der Waals surface area contributed by atoms with Gasteiger partial charge in [-0.05, 0) is 18.6 Å². The van der Waals surface area contributed by atoms with Crippen molar-refractivity contribution < 1.29 is 9.21 Å². The predicted octanol–water partition coefficient (Wildman–Crippen LogP) is 2.14. The maximum Gasteiger partial charge on any atom is 0.277 e. The molecule has 0 saturated heterocycles. The lowest BCUT2D eigenvalue weighted by Crippen LogP contribution is -2.25. The molecule has 7 heteroatoms. The number of aromatic nitrogens is 3. The SMILES string of the molecule is CCCCNC(=O)CSc1nnc(-c2ccncc2)o1. The molecule has 0 radical (unpaired) electrons. The minimum absolute atomic E-state index is 0.0212. The molecule has 6 nitrogen and oxygen atoms in total. The highest BCUT2D eigenvalue weighted by molar-refractivity contribution is 7.99. The molecule has 1 amide bonds. The number of carbonyl (C=O) groups is 1. The van der Waals surface area contributed by atoms with Gasteiger partial charge in [0.1, 0.15) is 0 Å². The molecule has 0 unspecified atom stereocenters. The summed E-state index contributed by atoms with van der Waals surface area (Å²) in [6.07, 6.45) is 5.37. The van der Waals surface area contributed by atoms with Gasteiger partial charge in [-0.15, -0.1) is 10.2 Å². The van der Waals surface area contributed by atoms with Gasteiger partial charge in [0, 0.05) is 24.5 Å². The van der Waals surface area contributed by atoms with Crippen molar-refractivity contribution in [3.63, 3.8) is 0 Å². The molecule has 2 aromatic heterocycles. The highest BCUT2D eigenvalue weighted by atomic mass is 32.2. The van der Waals surface area contributed by atoms with Crippen LogP contribution in [0.3, 0.4) is 0 Å². The van der Waals surface area contributed by atoms with E-state index in [9.17, 15) is 4.79 Å². The van der Waals surface area contributed by atoms with E-state index in [1.54, 1.807) is 24.5 Å². The molecule has 2 heterocycles. The zero-order valence-electron chi connectivity index (χ0n) is 11.2. The first kappa shape index (κ1) is 14.5. The van der Waals surface area contributed by atoms with Gasteiger partial charge in [-0.3, -0.25) is 9.78 Å². The van der Waals surface area contributed by atoms with E-state index in [0.717, 1.165) is 18.4 Å². The molecule has 0 aliphatic carbocycles. The third-order valence-electron chi connectivity index (χ3n) is 2.51. The molecule has 1 N–H and O–H groups in total. The highest BCUT2D eigenvalue weighted by Gasteiger charge is 2.10. The van der Waals surface area contributed by atoms with Crippen molar-refractivity contribution in [3.05, 3.63) is 24.5 Å². The fourth-order valence-corrected chi connectivity index (χ4v) is 2.06. The monoisotopic (exact) mass is 292 g/mol. The van der Waals surface area contributed by atoms with Crippen LogP contribution >= 0.6 is 11.8 Å². The van der Waals surface area contributed by atoms with E-state index in [1.165, 1.54) is 11.8 Å². The Hall–Kier alpha value is -1.89. The average Bonchev–Trinajstić information content (AvgIpc) is 2.95. The Balaban J connectivity index is 1.83. The number of unbranched alkanes of at least 4 members (excludes halogenated alkanes) is 1. The lowest BCUT2D eigenvalue weighted by Gasteiger charge is -2.01. The first-order valence-electron chi connectivity index (χ1n) is 6.43. The van der Waals surface area contributed by atoms with E-state index in [-0.39, 0.29) is 11.7 Å². The second-order valence-electron chi connectivity index (χ2n) is 4.10. The number of thioether (sulfide) groups is 1. The van der Waals surface area contributed by atoms with Crippen LogP contribution in [0.1, 0.15) is 19.8 Å². The van der Waals surface area contributed by atoms with Crippen LogP contribution in [0.25, 0.3) is 11.5 Å². The fraction of sp³-hybridized carbons (Fsp3) is 0.385. The minimum Gasteiger partial charge on any atom is -0.411 e. The van der Waals surface area contributed by atoms with Crippen molar-refractivity contribution in [1.29, 1.82) is 0 Å². The summed E-state index contributed by atoms with van der Waals surface area (Å²) in [5.74, 6) is 0.690. The van der Waals surface area contributed by atoms with Crippen molar-refractivity contribution in [3.8, 4) is 11.5 Å². The zero-order valence-corrected chi connectivity index (χ0v) is 12.0. The van der Waals surface area contributed by atoms with Crippen LogP contribution in [0.15, 0.2) is 34.2 Å². The number of rotatable bonds is 7. The molecule has 2 aromatic rings. The summed E-state index contributed by atoms with van der Waals surface area (Å²) in [5.41, 5.74) is 0.812. The van der Waals surface area contributed by atoms with E-state index < -0.39 is 0 Å². The zero-order chi connectivity index (χ0) is 14.2. The first-order valence-corrected chi connectivity index (χ1v) is 7.41. The van der Waals surface area contributed by atoms with Crippen molar-refractivity contribution in [1.82, 2.24) is 20.5 Å². The van der Waals surface area contributed by atoms with Gasteiger partial charge in [-0.2, -0.15) is 0 Å². The van der Waals surface area contributed by atoms with Gasteiger partial charge in [0.2, 0.25) is 11.8 Å². The van der Waals surface area contributed by atoms with Crippen LogP contribution in [0.2, 0.25) is 0 Å². The van der Waals surface area contributed by atoms with Crippen LogP contribution in [0, 0.1) is 0 Å². The summed E-state index contributed by atoms with van der Waals surface area (Å²) in [6.45, 7) is 2.79. The lowest BCUT2D eigenvalue weighted by molar-refractivity contribution is -0.118. The van der Waals surface area contributed by atoms with Gasteiger partial charge in [-0.25, -0.2) is 0 Å². The maximum atomic E-state index is 11.5. The summed E-state index contributed by atoms with van der Waals surface area (Å²) in [4.78, 5) is 15.5. The van der Waals surface area contributed by atoms with Crippen LogP contribution in [-0.4, -0.2) is 33.4 Å². The molecule has 0 atom stereocenters. The first-order chi connectivity index (χ1) is 9.79. The molecule has 0 aliphatic heterocycles. The van der Waals surface area contributed by atoms with Gasteiger partial charge in [0.25, 0.3) is 5.22 Å². The molecule has 0 aromatic carbocycles. The molecular formula is C13H16N4O2S. The molecule has 0 spiro atoms. The van der Waals surface area contributed by atoms with Crippen LogP contribution < -0.4 is 5.32 Å². The average molecular weight is 292 g/mol. The molecule has 20 heavy (non-hydrogen) atoms. The third kappa shape index (κ3) is 4.34. The van der Waals surface area contributed by atoms with E-state index >= 15 is 0 Å². The Kier molecular flexibility index (Phi) is 5.55. The van der Waals surface area contributed by atoms with Crippen LogP contribution in [0.4, 0.5) is 0 Å². The van der Waals surface area contributed by atoms with Gasteiger partial charge in [0.05, 0.1) is 5.75 Å². The van der Waals surface area contributed by atoms with Gasteiger partial charge >= 0.3 is 0 Å². The summed E-state index contributed by atoms with van der Waals surface area (Å²) in [5, 5.41) is 11.1. The minimum atomic E-state index is -0.0212. The van der Waals surface area contributed by atoms with Crippen molar-refractivity contribution in [2.75, 3.05) is 12.3 Å². The molecule has 0 fully saturated rings. The third-order valence-corrected chi connectivity index (χ3v) is 3.33. The van der Waals surface area contributed by atoms with Gasteiger partial charge in [0.15, 0.2) is 0 Å². The molecular weight excluding hydrogens is 276 g/mol. The smallest absolute Gasteiger partial charge is 0.277 e. The largest absolute Gasteiger partial charge is 0.411 e. The molecule has 0 saturated carbocycles. The van der Waals surface area contributed by atoms with Crippen molar-refractivity contribution in [2.45, 2.75) is 25.0 Å². The second-order valence-corrected chi connectivity index (χ2v) is 5.03. The number of nitrogens with one attached hydrogen (secondary N) is 1. The van der Waals surface area contributed by atoms with E-state index in [2.05, 4.69) is 27.4 Å². The molecule has 0 bridgehead atoms. The van der Waals surface area contributed by atoms with Crippen LogP contribution in [-0.2, 0) is 4.79 Å². The van der Waals surface area contributed by atoms with E-state index in [0.29, 0.717) is 17.7 Å². The van der Waals surface area contributed by atoms with E-state index in [4.69, 9.17) is 4.42 Å². The standard InChI is InChI=1S/C13H16N4O2S/c1-2-3-6-15-11(18)9-20-13-17-16-12(19-13)10-4-7-14-8-5-10/h4-5,7-8H,2-3,6,9H2,1H3,(H,15,18).